The van der Waals surface area contributed by atoms with Gasteiger partial charge in [0.25, 0.3) is 0 Å². The van der Waals surface area contributed by atoms with Crippen LogP contribution < -0.4 is 5.73 Å². The lowest BCUT2D eigenvalue weighted by atomic mass is 10.1. The van der Waals surface area contributed by atoms with E-state index in [0.29, 0.717) is 24.2 Å². The average molecular weight is 193 g/mol. The first-order valence-corrected chi connectivity index (χ1v) is 4.55. The highest BCUT2D eigenvalue weighted by Crippen LogP contribution is 2.23. The first-order chi connectivity index (χ1) is 6.66. The molecule has 4 nitrogen and oxygen atoms in total. The van der Waals surface area contributed by atoms with Crippen molar-refractivity contribution < 1.29 is 5.11 Å². The summed E-state index contributed by atoms with van der Waals surface area (Å²) in [5, 5.41) is 13.7. The highest BCUT2D eigenvalue weighted by atomic mass is 16.3. The second-order valence-electron chi connectivity index (χ2n) is 3.22. The lowest BCUT2D eigenvalue weighted by Gasteiger charge is -2.08. The van der Waals surface area contributed by atoms with E-state index < -0.39 is 6.10 Å². The Bertz CT molecular complexity index is 338. The number of unbranched alkanes of at least 4 members (excludes halogenated alkanes) is 1. The van der Waals surface area contributed by atoms with E-state index in [0.717, 1.165) is 6.42 Å². The summed E-state index contributed by atoms with van der Waals surface area (Å²) in [6, 6.07) is 0. The molecule has 0 saturated heterocycles. The molecule has 0 aliphatic carbocycles. The summed E-state index contributed by atoms with van der Waals surface area (Å²) in [6.07, 6.45) is 8.25. The van der Waals surface area contributed by atoms with E-state index in [1.54, 1.807) is 17.9 Å². The third-order valence-corrected chi connectivity index (χ3v) is 2.17. The van der Waals surface area contributed by atoms with Gasteiger partial charge in [0, 0.05) is 19.0 Å². The molecule has 4 heteroatoms. The number of nitrogens with two attached hydrogens (primary N) is 1. The van der Waals surface area contributed by atoms with Crippen molar-refractivity contribution in [3.63, 3.8) is 0 Å². The van der Waals surface area contributed by atoms with Crippen molar-refractivity contribution >= 4 is 5.82 Å². The smallest absolute Gasteiger partial charge is 0.127 e. The maximum atomic E-state index is 9.74. The standard InChI is InChI=1S/C10H15N3O/c1-3-4-5-6-9(14)8-7-12-13(2)10(8)11/h1,7,9,14H,4-6,11H2,2H3. The fraction of sp³-hybridized carbons (Fsp3) is 0.500. The molecule has 3 N–H and O–H groups in total. The van der Waals surface area contributed by atoms with Crippen molar-refractivity contribution in [2.45, 2.75) is 25.4 Å². The molecule has 0 fully saturated rings. The molecule has 0 radical (unpaired) electrons. The second-order valence-corrected chi connectivity index (χ2v) is 3.22. The quantitative estimate of drug-likeness (QED) is 0.550. The van der Waals surface area contributed by atoms with Gasteiger partial charge in [-0.3, -0.25) is 4.68 Å². The Balaban J connectivity index is 2.57. The molecule has 1 heterocycles. The lowest BCUT2D eigenvalue weighted by Crippen LogP contribution is -2.03. The Morgan fingerprint density at radius 1 is 1.79 bits per heavy atom. The molecule has 14 heavy (non-hydrogen) atoms. The topological polar surface area (TPSA) is 64.1 Å². The molecule has 0 bridgehead atoms. The van der Waals surface area contributed by atoms with E-state index in [4.69, 9.17) is 12.2 Å². The Hall–Kier alpha value is -1.47. The van der Waals surface area contributed by atoms with Gasteiger partial charge in [0.2, 0.25) is 0 Å². The van der Waals surface area contributed by atoms with Gasteiger partial charge in [-0.15, -0.1) is 12.3 Å². The van der Waals surface area contributed by atoms with E-state index in [9.17, 15) is 5.11 Å². The molecule has 1 aromatic rings. The number of aliphatic hydroxyl groups excluding tert-OH is 1. The van der Waals surface area contributed by atoms with Crippen LogP contribution >= 0.6 is 0 Å². The second kappa shape index (κ2) is 4.68. The van der Waals surface area contributed by atoms with E-state index in [2.05, 4.69) is 11.0 Å². The highest BCUT2D eigenvalue weighted by molar-refractivity contribution is 5.39. The first kappa shape index (κ1) is 10.6. The maximum Gasteiger partial charge on any atom is 0.127 e. The van der Waals surface area contributed by atoms with Crippen LogP contribution in [0.3, 0.4) is 0 Å². The number of rotatable bonds is 4. The van der Waals surface area contributed by atoms with Crippen molar-refractivity contribution in [1.29, 1.82) is 0 Å². The molecule has 0 aliphatic rings. The summed E-state index contributed by atoms with van der Waals surface area (Å²) in [5.41, 5.74) is 6.39. The summed E-state index contributed by atoms with van der Waals surface area (Å²) in [7, 11) is 1.74. The molecule has 0 spiro atoms. The van der Waals surface area contributed by atoms with Crippen molar-refractivity contribution in [3.05, 3.63) is 11.8 Å². The Morgan fingerprint density at radius 3 is 3.00 bits per heavy atom. The normalized spacial score (nSPS) is 12.4. The number of anilines is 1. The van der Waals surface area contributed by atoms with E-state index in [1.807, 2.05) is 0 Å². The predicted molar refractivity (Wildman–Crippen MR) is 55.3 cm³/mol. The fourth-order valence-electron chi connectivity index (χ4n) is 1.27. The monoisotopic (exact) mass is 193 g/mol. The molecule has 76 valence electrons. The van der Waals surface area contributed by atoms with Gasteiger partial charge in [0.05, 0.1) is 12.3 Å². The number of hydrogen-bond acceptors (Lipinski definition) is 3. The molecule has 0 amide bonds. The molecule has 1 atom stereocenters. The number of aryl methyl sites for hydroxylation is 1. The number of terminal acetylenes is 1. The van der Waals surface area contributed by atoms with Gasteiger partial charge in [-0.25, -0.2) is 0 Å². The van der Waals surface area contributed by atoms with Gasteiger partial charge in [-0.05, 0) is 12.8 Å². The largest absolute Gasteiger partial charge is 0.388 e. The summed E-state index contributed by atoms with van der Waals surface area (Å²) in [5.74, 6) is 3.04. The Morgan fingerprint density at radius 2 is 2.50 bits per heavy atom. The van der Waals surface area contributed by atoms with Crippen LogP contribution in [-0.2, 0) is 7.05 Å². The van der Waals surface area contributed by atoms with Crippen molar-refractivity contribution in [2.75, 3.05) is 5.73 Å². The van der Waals surface area contributed by atoms with Crippen LogP contribution in [0.5, 0.6) is 0 Å². The van der Waals surface area contributed by atoms with Crippen molar-refractivity contribution in [3.8, 4) is 12.3 Å². The van der Waals surface area contributed by atoms with Crippen molar-refractivity contribution in [2.24, 2.45) is 7.05 Å². The zero-order valence-electron chi connectivity index (χ0n) is 8.27. The summed E-state index contributed by atoms with van der Waals surface area (Å²) in [4.78, 5) is 0. The number of aromatic nitrogens is 2. The van der Waals surface area contributed by atoms with Crippen LogP contribution in [0, 0.1) is 12.3 Å². The summed E-state index contributed by atoms with van der Waals surface area (Å²) < 4.78 is 1.54. The molecule has 0 aromatic carbocycles. The van der Waals surface area contributed by atoms with Crippen LogP contribution in [0.2, 0.25) is 0 Å². The van der Waals surface area contributed by atoms with E-state index in [1.165, 1.54) is 0 Å². The number of nitrogens with zero attached hydrogens (tertiary/aromatic N) is 2. The third kappa shape index (κ3) is 2.27. The van der Waals surface area contributed by atoms with Crippen molar-refractivity contribution in [1.82, 2.24) is 9.78 Å². The van der Waals surface area contributed by atoms with Gasteiger partial charge < -0.3 is 10.8 Å². The highest BCUT2D eigenvalue weighted by Gasteiger charge is 2.13. The van der Waals surface area contributed by atoms with Crippen LogP contribution in [-0.4, -0.2) is 14.9 Å². The molecule has 1 unspecified atom stereocenters. The predicted octanol–water partition coefficient (Wildman–Crippen LogP) is 0.839. The summed E-state index contributed by atoms with van der Waals surface area (Å²) >= 11 is 0. The SMILES string of the molecule is C#CCCCC(O)c1cnn(C)c1N. The molecule has 1 aromatic heterocycles. The van der Waals surface area contributed by atoms with Crippen LogP contribution in [0.25, 0.3) is 0 Å². The Labute approximate surface area is 83.7 Å². The van der Waals surface area contributed by atoms with Gasteiger partial charge in [0.15, 0.2) is 0 Å². The number of hydrogen-bond donors (Lipinski definition) is 2. The van der Waals surface area contributed by atoms with Crippen LogP contribution in [0.1, 0.15) is 30.9 Å². The minimum absolute atomic E-state index is 0.512. The molecule has 0 aliphatic heterocycles. The van der Waals surface area contributed by atoms with E-state index >= 15 is 0 Å². The minimum atomic E-state index is -0.558. The lowest BCUT2D eigenvalue weighted by molar-refractivity contribution is 0.166. The van der Waals surface area contributed by atoms with Gasteiger partial charge in [-0.2, -0.15) is 5.10 Å². The average Bonchev–Trinajstić information content (AvgIpc) is 2.48. The van der Waals surface area contributed by atoms with Crippen LogP contribution in [0.15, 0.2) is 6.20 Å². The van der Waals surface area contributed by atoms with Gasteiger partial charge in [-0.1, -0.05) is 0 Å². The minimum Gasteiger partial charge on any atom is -0.388 e. The van der Waals surface area contributed by atoms with Gasteiger partial charge >= 0.3 is 0 Å². The first-order valence-electron chi connectivity index (χ1n) is 4.55. The van der Waals surface area contributed by atoms with Gasteiger partial charge in [0.1, 0.15) is 5.82 Å². The molecule has 1 rings (SSSR count). The summed E-state index contributed by atoms with van der Waals surface area (Å²) in [6.45, 7) is 0. The number of aliphatic hydroxyl groups is 1. The molecule has 0 saturated carbocycles. The van der Waals surface area contributed by atoms with Crippen LogP contribution in [0.4, 0.5) is 5.82 Å². The van der Waals surface area contributed by atoms with E-state index in [-0.39, 0.29) is 0 Å². The zero-order chi connectivity index (χ0) is 10.6. The molecular weight excluding hydrogens is 178 g/mol. The fourth-order valence-corrected chi connectivity index (χ4v) is 1.27. The third-order valence-electron chi connectivity index (χ3n) is 2.17. The maximum absolute atomic E-state index is 9.74. The molecular formula is C10H15N3O. The number of nitrogen functional groups attached to an aromatic ring is 1. The zero-order valence-corrected chi connectivity index (χ0v) is 8.27. The Kier molecular flexibility index (Phi) is 3.55.